The predicted molar refractivity (Wildman–Crippen MR) is 97.9 cm³/mol. The lowest BCUT2D eigenvalue weighted by Crippen LogP contribution is -2.48. The normalized spacial score (nSPS) is 17.0. The summed E-state index contributed by atoms with van der Waals surface area (Å²) >= 11 is 1.01. The van der Waals surface area contributed by atoms with Crippen molar-refractivity contribution in [3.05, 3.63) is 53.8 Å². The van der Waals surface area contributed by atoms with Crippen molar-refractivity contribution >= 4 is 32.8 Å². The van der Waals surface area contributed by atoms with Crippen LogP contribution in [0.15, 0.2) is 47.4 Å². The minimum Gasteiger partial charge on any atom is -0.296 e. The first-order valence-electron chi connectivity index (χ1n) is 8.22. The van der Waals surface area contributed by atoms with Crippen molar-refractivity contribution in [3.8, 4) is 0 Å². The van der Waals surface area contributed by atoms with Gasteiger partial charge in [0.25, 0.3) is 0 Å². The summed E-state index contributed by atoms with van der Waals surface area (Å²) in [6, 6.07) is 11.4. The molecule has 3 aromatic rings. The highest BCUT2D eigenvalue weighted by Crippen LogP contribution is 2.25. The molecule has 1 aromatic heterocycles. The van der Waals surface area contributed by atoms with Crippen LogP contribution in [0.2, 0.25) is 0 Å². The summed E-state index contributed by atoms with van der Waals surface area (Å²) in [6.07, 6.45) is 0. The fraction of sp³-hybridized carbons (Fsp3) is 0.294. The van der Waals surface area contributed by atoms with Crippen molar-refractivity contribution in [2.45, 2.75) is 11.4 Å². The van der Waals surface area contributed by atoms with Crippen LogP contribution in [0.3, 0.4) is 0 Å². The van der Waals surface area contributed by atoms with E-state index in [1.165, 1.54) is 16.4 Å². The molecule has 0 radical (unpaired) electrons. The van der Waals surface area contributed by atoms with Gasteiger partial charge >= 0.3 is 0 Å². The van der Waals surface area contributed by atoms with E-state index in [2.05, 4.69) is 13.6 Å². The second-order valence-corrected chi connectivity index (χ2v) is 8.63. The Morgan fingerprint density at radius 1 is 1.00 bits per heavy atom. The summed E-state index contributed by atoms with van der Waals surface area (Å²) in [6.45, 7) is 2.76. The van der Waals surface area contributed by atoms with E-state index in [1.54, 1.807) is 30.3 Å². The molecular weight excluding hydrogens is 375 g/mol. The van der Waals surface area contributed by atoms with Gasteiger partial charge in [-0.1, -0.05) is 18.2 Å². The molecule has 2 heterocycles. The molecule has 0 aliphatic carbocycles. The molecule has 26 heavy (non-hydrogen) atoms. The van der Waals surface area contributed by atoms with E-state index in [9.17, 15) is 12.8 Å². The second kappa shape index (κ2) is 6.99. The van der Waals surface area contributed by atoms with Gasteiger partial charge in [0.1, 0.15) is 21.7 Å². The fourth-order valence-corrected chi connectivity index (χ4v) is 5.28. The highest BCUT2D eigenvalue weighted by atomic mass is 32.2. The Hall–Kier alpha value is -1.94. The first kappa shape index (κ1) is 17.5. The molecule has 0 N–H and O–H groups in total. The van der Waals surface area contributed by atoms with Crippen LogP contribution in [0.25, 0.3) is 11.0 Å². The zero-order chi connectivity index (χ0) is 18.1. The van der Waals surface area contributed by atoms with Crippen LogP contribution in [0.4, 0.5) is 4.39 Å². The highest BCUT2D eigenvalue weighted by Gasteiger charge is 2.30. The first-order valence-corrected chi connectivity index (χ1v) is 10.4. The molecule has 1 aliphatic rings. The van der Waals surface area contributed by atoms with Gasteiger partial charge in [-0.25, -0.2) is 12.8 Å². The van der Waals surface area contributed by atoms with Crippen molar-refractivity contribution in [2.24, 2.45) is 0 Å². The average molecular weight is 392 g/mol. The number of sulfonamides is 1. The number of fused-ring (bicyclic) bond motifs is 1. The summed E-state index contributed by atoms with van der Waals surface area (Å²) < 4.78 is 48.8. The Morgan fingerprint density at radius 2 is 1.73 bits per heavy atom. The van der Waals surface area contributed by atoms with Crippen molar-refractivity contribution in [2.75, 3.05) is 26.2 Å². The zero-order valence-corrected chi connectivity index (χ0v) is 15.5. The average Bonchev–Trinajstić information content (AvgIpc) is 3.13. The third kappa shape index (κ3) is 3.35. The predicted octanol–water partition coefficient (Wildman–Crippen LogP) is 2.34. The molecule has 0 bridgehead atoms. The van der Waals surface area contributed by atoms with E-state index in [1.807, 2.05) is 0 Å². The minimum atomic E-state index is -3.60. The van der Waals surface area contributed by atoms with Crippen LogP contribution in [0, 0.1) is 5.82 Å². The lowest BCUT2D eigenvalue weighted by molar-refractivity contribution is 0.181. The van der Waals surface area contributed by atoms with Crippen LogP contribution in [0.5, 0.6) is 0 Å². The van der Waals surface area contributed by atoms with Crippen LogP contribution >= 0.6 is 11.7 Å². The summed E-state index contributed by atoms with van der Waals surface area (Å²) in [7, 11) is -3.60. The third-order valence-corrected chi connectivity index (χ3v) is 6.99. The van der Waals surface area contributed by atoms with E-state index in [-0.39, 0.29) is 10.7 Å². The molecule has 1 aliphatic heterocycles. The van der Waals surface area contributed by atoms with Gasteiger partial charge < -0.3 is 0 Å². The monoisotopic (exact) mass is 392 g/mol. The maximum absolute atomic E-state index is 13.0. The van der Waals surface area contributed by atoms with Crippen LogP contribution in [-0.2, 0) is 16.6 Å². The van der Waals surface area contributed by atoms with Gasteiger partial charge in [0.2, 0.25) is 10.0 Å². The number of hydrogen-bond acceptors (Lipinski definition) is 6. The van der Waals surface area contributed by atoms with Gasteiger partial charge in [-0.2, -0.15) is 13.1 Å². The van der Waals surface area contributed by atoms with Crippen molar-refractivity contribution in [3.63, 3.8) is 0 Å². The van der Waals surface area contributed by atoms with E-state index in [0.29, 0.717) is 43.8 Å². The number of piperazine rings is 1. The van der Waals surface area contributed by atoms with E-state index >= 15 is 0 Å². The molecule has 0 spiro atoms. The lowest BCUT2D eigenvalue weighted by atomic mass is 10.2. The summed E-state index contributed by atoms with van der Waals surface area (Å²) in [4.78, 5) is 2.39. The van der Waals surface area contributed by atoms with E-state index in [4.69, 9.17) is 0 Å². The molecule has 1 saturated heterocycles. The third-order valence-electron chi connectivity index (χ3n) is 4.52. The standard InChI is InChI=1S/C17H17FN4O2S2/c18-14-6-4-13(5-7-14)12-21-8-10-22(11-9-21)26(23,24)16-3-1-2-15-17(16)20-25-19-15/h1-7H,8-12H2. The first-order chi connectivity index (χ1) is 12.5. The van der Waals surface area contributed by atoms with Crippen LogP contribution < -0.4 is 0 Å². The minimum absolute atomic E-state index is 0.218. The smallest absolute Gasteiger partial charge is 0.245 e. The quantitative estimate of drug-likeness (QED) is 0.682. The topological polar surface area (TPSA) is 66.4 Å². The number of nitrogens with zero attached hydrogens (tertiary/aromatic N) is 4. The highest BCUT2D eigenvalue weighted by molar-refractivity contribution is 7.89. The largest absolute Gasteiger partial charge is 0.296 e. The van der Waals surface area contributed by atoms with E-state index in [0.717, 1.165) is 17.3 Å². The molecular formula is C17H17FN4O2S2. The molecule has 6 nitrogen and oxygen atoms in total. The molecule has 136 valence electrons. The van der Waals surface area contributed by atoms with Crippen LogP contribution in [0.1, 0.15) is 5.56 Å². The Balaban J connectivity index is 1.47. The molecule has 4 rings (SSSR count). The Bertz CT molecular complexity index is 1010. The van der Waals surface area contributed by atoms with E-state index < -0.39 is 10.0 Å². The Labute approximate surface area is 155 Å². The molecule has 0 amide bonds. The zero-order valence-electron chi connectivity index (χ0n) is 13.9. The molecule has 0 atom stereocenters. The van der Waals surface area contributed by atoms with Gasteiger partial charge in [-0.05, 0) is 29.8 Å². The molecule has 9 heteroatoms. The summed E-state index contributed by atoms with van der Waals surface area (Å²) in [5.41, 5.74) is 2.05. The van der Waals surface area contributed by atoms with Gasteiger partial charge in [0.05, 0.1) is 11.7 Å². The molecule has 0 unspecified atom stereocenters. The fourth-order valence-electron chi connectivity index (χ4n) is 3.10. The Kier molecular flexibility index (Phi) is 4.70. The SMILES string of the molecule is O=S(=O)(c1cccc2nsnc12)N1CCN(Cc2ccc(F)cc2)CC1. The lowest BCUT2D eigenvalue weighted by Gasteiger charge is -2.34. The van der Waals surface area contributed by atoms with Gasteiger partial charge in [0, 0.05) is 32.7 Å². The molecule has 2 aromatic carbocycles. The van der Waals surface area contributed by atoms with Crippen molar-refractivity contribution in [1.82, 2.24) is 18.0 Å². The van der Waals surface area contributed by atoms with Crippen molar-refractivity contribution in [1.29, 1.82) is 0 Å². The van der Waals surface area contributed by atoms with Gasteiger partial charge in [0.15, 0.2) is 0 Å². The Morgan fingerprint density at radius 3 is 2.46 bits per heavy atom. The number of rotatable bonds is 4. The molecule has 0 saturated carbocycles. The van der Waals surface area contributed by atoms with Gasteiger partial charge in [-0.15, -0.1) is 0 Å². The number of hydrogen-bond donors (Lipinski definition) is 0. The maximum Gasteiger partial charge on any atom is 0.245 e. The number of benzene rings is 2. The summed E-state index contributed by atoms with van der Waals surface area (Å²) in [5, 5.41) is 0. The molecule has 1 fully saturated rings. The number of halogens is 1. The maximum atomic E-state index is 13.0. The summed E-state index contributed by atoms with van der Waals surface area (Å²) in [5.74, 6) is -0.254. The number of aromatic nitrogens is 2. The van der Waals surface area contributed by atoms with Crippen LogP contribution in [-0.4, -0.2) is 52.5 Å². The van der Waals surface area contributed by atoms with Gasteiger partial charge in [-0.3, -0.25) is 4.90 Å². The van der Waals surface area contributed by atoms with Crippen molar-refractivity contribution < 1.29 is 12.8 Å². The second-order valence-electron chi connectivity index (χ2n) is 6.19.